The van der Waals surface area contributed by atoms with Crippen molar-refractivity contribution in [3.05, 3.63) is 65.7 Å². The zero-order chi connectivity index (χ0) is 25.5. The summed E-state index contributed by atoms with van der Waals surface area (Å²) in [5.41, 5.74) is 2.24. The normalized spacial score (nSPS) is 13.3. The summed E-state index contributed by atoms with van der Waals surface area (Å²) < 4.78 is 28.3. The maximum absolute atomic E-state index is 13.6. The molecular formula is C25H36N4O4S. The average molecular weight is 489 g/mol. The molecule has 0 fully saturated rings. The molecule has 2 aromatic rings. The quantitative estimate of drug-likeness (QED) is 0.527. The van der Waals surface area contributed by atoms with Crippen molar-refractivity contribution in [1.29, 1.82) is 0 Å². The van der Waals surface area contributed by atoms with Crippen LogP contribution in [0.4, 0.5) is 5.69 Å². The average Bonchev–Trinajstić information content (AvgIpc) is 2.81. The molecule has 2 amide bonds. The molecule has 8 nitrogen and oxygen atoms in total. The van der Waals surface area contributed by atoms with Crippen molar-refractivity contribution in [2.75, 3.05) is 24.9 Å². The van der Waals surface area contributed by atoms with Crippen LogP contribution in [0, 0.1) is 6.92 Å². The molecule has 0 saturated carbocycles. The third-order valence-electron chi connectivity index (χ3n) is 5.83. The predicted octanol–water partition coefficient (Wildman–Crippen LogP) is 2.94. The Hall–Kier alpha value is -2.91. The van der Waals surface area contributed by atoms with Crippen LogP contribution in [0.2, 0.25) is 0 Å². The van der Waals surface area contributed by atoms with Gasteiger partial charge in [-0.25, -0.2) is 4.31 Å². The molecule has 2 atom stereocenters. The third kappa shape index (κ3) is 6.80. The summed E-state index contributed by atoms with van der Waals surface area (Å²) in [5, 5.41) is 2.93. The lowest BCUT2D eigenvalue weighted by atomic mass is 10.1. The molecule has 0 aliphatic heterocycles. The van der Waals surface area contributed by atoms with Gasteiger partial charge < -0.3 is 10.2 Å². The molecule has 0 bridgehead atoms. The molecule has 0 radical (unpaired) electrons. The molecule has 2 rings (SSSR count). The van der Waals surface area contributed by atoms with Crippen LogP contribution in [0.15, 0.2) is 54.6 Å². The minimum Gasteiger partial charge on any atom is -0.352 e. The topological polar surface area (TPSA) is 90.0 Å². The van der Waals surface area contributed by atoms with Crippen molar-refractivity contribution in [3.63, 3.8) is 0 Å². The Balaban J connectivity index is 2.43. The fourth-order valence-corrected chi connectivity index (χ4v) is 4.39. The molecule has 2 aromatic carbocycles. The van der Waals surface area contributed by atoms with Crippen LogP contribution in [0.1, 0.15) is 38.3 Å². The first-order valence-corrected chi connectivity index (χ1v) is 12.8. The Morgan fingerprint density at radius 1 is 0.971 bits per heavy atom. The summed E-state index contributed by atoms with van der Waals surface area (Å²) in [5.74, 6) is -0.748. The highest BCUT2D eigenvalue weighted by molar-refractivity contribution is 7.90. The highest BCUT2D eigenvalue weighted by Crippen LogP contribution is 2.21. The van der Waals surface area contributed by atoms with Crippen molar-refractivity contribution in [2.45, 2.75) is 52.7 Å². The van der Waals surface area contributed by atoms with Gasteiger partial charge in [0.2, 0.25) is 11.8 Å². The van der Waals surface area contributed by atoms with Gasteiger partial charge in [0.05, 0.1) is 5.69 Å². The summed E-state index contributed by atoms with van der Waals surface area (Å²) in [4.78, 5) is 28.0. The van der Waals surface area contributed by atoms with Crippen LogP contribution >= 0.6 is 0 Å². The lowest BCUT2D eigenvalue weighted by molar-refractivity contribution is -0.139. The summed E-state index contributed by atoms with van der Waals surface area (Å²) in [6.45, 7) is 7.23. The Morgan fingerprint density at radius 3 is 2.12 bits per heavy atom. The number of amides is 2. The first-order chi connectivity index (χ1) is 16.0. The summed E-state index contributed by atoms with van der Waals surface area (Å²) in [6, 6.07) is 15.3. The molecule has 0 aromatic heterocycles. The Bertz CT molecular complexity index is 1070. The smallest absolute Gasteiger partial charge is 0.304 e. The predicted molar refractivity (Wildman–Crippen MR) is 135 cm³/mol. The van der Waals surface area contributed by atoms with E-state index in [0.717, 1.165) is 26.2 Å². The summed E-state index contributed by atoms with van der Waals surface area (Å²) in [6.07, 6.45) is 0.757. The van der Waals surface area contributed by atoms with Crippen LogP contribution in [0.5, 0.6) is 0 Å². The van der Waals surface area contributed by atoms with E-state index in [0.29, 0.717) is 5.69 Å². The largest absolute Gasteiger partial charge is 0.352 e. The van der Waals surface area contributed by atoms with Crippen molar-refractivity contribution >= 4 is 27.7 Å². The Morgan fingerprint density at radius 2 is 1.56 bits per heavy atom. The lowest BCUT2D eigenvalue weighted by Crippen LogP contribution is -2.53. The van der Waals surface area contributed by atoms with Gasteiger partial charge in [0, 0.05) is 26.7 Å². The molecule has 0 saturated heterocycles. The van der Waals surface area contributed by atoms with Crippen LogP contribution in [0.3, 0.4) is 0 Å². The number of aryl methyl sites for hydroxylation is 1. The molecule has 9 heteroatoms. The monoisotopic (exact) mass is 488 g/mol. The number of rotatable bonds is 11. The van der Waals surface area contributed by atoms with E-state index >= 15 is 0 Å². The van der Waals surface area contributed by atoms with Gasteiger partial charge in [-0.05, 0) is 50.5 Å². The van der Waals surface area contributed by atoms with Gasteiger partial charge in [-0.15, -0.1) is 0 Å². The molecule has 0 heterocycles. The van der Waals surface area contributed by atoms with Gasteiger partial charge in [0.15, 0.2) is 0 Å². The molecule has 1 N–H and O–H groups in total. The van der Waals surface area contributed by atoms with E-state index in [4.69, 9.17) is 0 Å². The van der Waals surface area contributed by atoms with Crippen LogP contribution in [-0.2, 0) is 26.3 Å². The van der Waals surface area contributed by atoms with E-state index in [1.807, 2.05) is 45.0 Å². The van der Waals surface area contributed by atoms with E-state index in [1.165, 1.54) is 19.0 Å². The number of hydrogen-bond donors (Lipinski definition) is 1. The number of benzene rings is 2. The lowest BCUT2D eigenvalue weighted by Gasteiger charge is -2.33. The van der Waals surface area contributed by atoms with Crippen molar-refractivity contribution < 1.29 is 18.0 Å². The molecular weight excluding hydrogens is 452 g/mol. The maximum atomic E-state index is 13.6. The van der Waals surface area contributed by atoms with Gasteiger partial charge >= 0.3 is 10.2 Å². The summed E-state index contributed by atoms with van der Waals surface area (Å²) >= 11 is 0. The van der Waals surface area contributed by atoms with Gasteiger partial charge in [-0.3, -0.25) is 9.59 Å². The second-order valence-electron chi connectivity index (χ2n) is 8.57. The van der Waals surface area contributed by atoms with E-state index in [9.17, 15) is 18.0 Å². The third-order valence-corrected chi connectivity index (χ3v) is 7.65. The second-order valence-corrected chi connectivity index (χ2v) is 10.6. The van der Waals surface area contributed by atoms with E-state index < -0.39 is 28.7 Å². The molecule has 0 aliphatic carbocycles. The molecule has 0 aliphatic rings. The minimum atomic E-state index is -3.95. The van der Waals surface area contributed by atoms with E-state index in [1.54, 1.807) is 37.3 Å². The molecule has 186 valence electrons. The molecule has 0 spiro atoms. The number of nitrogens with zero attached hydrogens (tertiary/aromatic N) is 3. The molecule has 0 unspecified atom stereocenters. The van der Waals surface area contributed by atoms with Crippen LogP contribution in [-0.4, -0.2) is 62.2 Å². The SMILES string of the molecule is CC[C@H](C)NC(=O)[C@H](C)N(Cc1ccccc1C)C(=O)CN(c1ccccc1)S(=O)(=O)N(C)C. The minimum absolute atomic E-state index is 0.0414. The van der Waals surface area contributed by atoms with Crippen molar-refractivity contribution in [2.24, 2.45) is 0 Å². The van der Waals surface area contributed by atoms with E-state index in [-0.39, 0.29) is 18.5 Å². The van der Waals surface area contributed by atoms with Gasteiger partial charge in [0.1, 0.15) is 12.6 Å². The summed E-state index contributed by atoms with van der Waals surface area (Å²) in [7, 11) is -1.11. The van der Waals surface area contributed by atoms with Gasteiger partial charge in [-0.2, -0.15) is 12.7 Å². The number of carbonyl (C=O) groups excluding carboxylic acids is 2. The Labute approximate surface area is 203 Å². The first-order valence-electron chi connectivity index (χ1n) is 11.4. The van der Waals surface area contributed by atoms with Crippen LogP contribution < -0.4 is 9.62 Å². The maximum Gasteiger partial charge on any atom is 0.304 e. The first kappa shape index (κ1) is 27.3. The van der Waals surface area contributed by atoms with Gasteiger partial charge in [-0.1, -0.05) is 49.4 Å². The second kappa shape index (κ2) is 12.0. The standard InChI is InChI=1S/C25H36N4O4S/c1-7-20(3)26-25(31)21(4)28(17-22-14-12-11-13-19(22)2)24(30)18-29(34(32,33)27(5)6)23-15-9-8-10-16-23/h8-16,20-21H,7,17-18H2,1-6H3,(H,26,31)/t20-,21-/m0/s1. The highest BCUT2D eigenvalue weighted by Gasteiger charge is 2.32. The van der Waals surface area contributed by atoms with E-state index in [2.05, 4.69) is 5.32 Å². The number of carbonyl (C=O) groups is 2. The fourth-order valence-electron chi connectivity index (χ4n) is 3.33. The number of anilines is 1. The number of para-hydroxylation sites is 1. The molecule has 34 heavy (non-hydrogen) atoms. The van der Waals surface area contributed by atoms with Crippen molar-refractivity contribution in [3.8, 4) is 0 Å². The zero-order valence-electron chi connectivity index (χ0n) is 20.9. The number of hydrogen-bond acceptors (Lipinski definition) is 4. The zero-order valence-corrected chi connectivity index (χ0v) is 21.7. The van der Waals surface area contributed by atoms with Crippen LogP contribution in [0.25, 0.3) is 0 Å². The van der Waals surface area contributed by atoms with Gasteiger partial charge in [0.25, 0.3) is 0 Å². The fraction of sp³-hybridized carbons (Fsp3) is 0.440. The number of nitrogens with one attached hydrogen (secondary N) is 1. The Kier molecular flexibility index (Phi) is 9.64. The van der Waals surface area contributed by atoms with Crippen molar-refractivity contribution in [1.82, 2.24) is 14.5 Å². The highest BCUT2D eigenvalue weighted by atomic mass is 32.2.